The number of alkyl halides is 3. The molecule has 7 heteroatoms. The van der Waals surface area contributed by atoms with Crippen LogP contribution in [0.3, 0.4) is 0 Å². The molecule has 0 atom stereocenters. The first kappa shape index (κ1) is 18.4. The lowest BCUT2D eigenvalue weighted by Crippen LogP contribution is -2.43. The largest absolute Gasteiger partial charge is 0.484 e. The van der Waals surface area contributed by atoms with Gasteiger partial charge in [-0.25, -0.2) is 0 Å². The predicted octanol–water partition coefficient (Wildman–Crippen LogP) is 3.63. The molecule has 0 radical (unpaired) electrons. The SMILES string of the molecule is CN=C(NCc1ccccc1OCC(F)(F)F)NC1CCCCC1. The van der Waals surface area contributed by atoms with Crippen molar-refractivity contribution in [2.45, 2.75) is 50.9 Å². The Morgan fingerprint density at radius 3 is 2.58 bits per heavy atom. The second kappa shape index (κ2) is 8.80. The molecule has 24 heavy (non-hydrogen) atoms. The first-order chi connectivity index (χ1) is 11.5. The highest BCUT2D eigenvalue weighted by atomic mass is 19.4. The van der Waals surface area contributed by atoms with Gasteiger partial charge in [0.15, 0.2) is 12.6 Å². The minimum atomic E-state index is -4.35. The van der Waals surface area contributed by atoms with E-state index in [1.54, 1.807) is 31.3 Å². The monoisotopic (exact) mass is 343 g/mol. The zero-order chi connectivity index (χ0) is 17.4. The van der Waals surface area contributed by atoms with Gasteiger partial charge >= 0.3 is 6.18 Å². The van der Waals surface area contributed by atoms with Crippen molar-refractivity contribution in [3.05, 3.63) is 29.8 Å². The summed E-state index contributed by atoms with van der Waals surface area (Å²) in [6, 6.07) is 7.12. The molecule has 0 saturated heterocycles. The number of hydrogen-bond acceptors (Lipinski definition) is 2. The normalized spacial score (nSPS) is 16.8. The predicted molar refractivity (Wildman–Crippen MR) is 88.2 cm³/mol. The van der Waals surface area contributed by atoms with Gasteiger partial charge in [0.05, 0.1) is 0 Å². The van der Waals surface area contributed by atoms with Crippen LogP contribution in [-0.2, 0) is 6.54 Å². The van der Waals surface area contributed by atoms with Crippen LogP contribution < -0.4 is 15.4 Å². The maximum atomic E-state index is 12.3. The van der Waals surface area contributed by atoms with Crippen LogP contribution in [0, 0.1) is 0 Å². The second-order valence-corrected chi connectivity index (χ2v) is 5.92. The third-order valence-electron chi connectivity index (χ3n) is 3.98. The average Bonchev–Trinajstić information content (AvgIpc) is 2.57. The van der Waals surface area contributed by atoms with Gasteiger partial charge in [0, 0.05) is 25.2 Å². The van der Waals surface area contributed by atoms with Crippen LogP contribution in [0.1, 0.15) is 37.7 Å². The van der Waals surface area contributed by atoms with Crippen LogP contribution in [0.15, 0.2) is 29.3 Å². The molecule has 0 aliphatic heterocycles. The summed E-state index contributed by atoms with van der Waals surface area (Å²) in [5.74, 6) is 0.892. The molecule has 4 nitrogen and oxygen atoms in total. The van der Waals surface area contributed by atoms with Crippen molar-refractivity contribution in [3.8, 4) is 5.75 Å². The lowest BCUT2D eigenvalue weighted by molar-refractivity contribution is -0.153. The molecule has 1 saturated carbocycles. The van der Waals surface area contributed by atoms with Crippen molar-refractivity contribution >= 4 is 5.96 Å². The number of nitrogens with one attached hydrogen (secondary N) is 2. The third-order valence-corrected chi connectivity index (χ3v) is 3.98. The molecular formula is C17H24F3N3O. The molecule has 1 aromatic carbocycles. The first-order valence-electron chi connectivity index (χ1n) is 8.22. The number of hydrogen-bond donors (Lipinski definition) is 2. The first-order valence-corrected chi connectivity index (χ1v) is 8.22. The van der Waals surface area contributed by atoms with E-state index >= 15 is 0 Å². The number of para-hydroxylation sites is 1. The molecule has 0 amide bonds. The number of ether oxygens (including phenoxy) is 1. The molecule has 1 aliphatic carbocycles. The van der Waals surface area contributed by atoms with Gasteiger partial charge in [-0.15, -0.1) is 0 Å². The molecule has 0 unspecified atom stereocenters. The summed E-state index contributed by atoms with van der Waals surface area (Å²) in [5.41, 5.74) is 0.661. The molecule has 1 fully saturated rings. The number of aliphatic imine (C=N–C) groups is 1. The Morgan fingerprint density at radius 2 is 1.92 bits per heavy atom. The highest BCUT2D eigenvalue weighted by molar-refractivity contribution is 5.80. The zero-order valence-corrected chi connectivity index (χ0v) is 13.8. The molecule has 2 N–H and O–H groups in total. The lowest BCUT2D eigenvalue weighted by atomic mass is 9.96. The number of halogens is 3. The molecule has 0 spiro atoms. The van der Waals surface area contributed by atoms with Crippen molar-refractivity contribution in [1.29, 1.82) is 0 Å². The van der Waals surface area contributed by atoms with E-state index in [9.17, 15) is 13.2 Å². The van der Waals surface area contributed by atoms with Crippen molar-refractivity contribution in [1.82, 2.24) is 10.6 Å². The summed E-state index contributed by atoms with van der Waals surface area (Å²) in [6.07, 6.45) is 1.58. The van der Waals surface area contributed by atoms with Gasteiger partial charge in [0.25, 0.3) is 0 Å². The minimum absolute atomic E-state index is 0.232. The van der Waals surface area contributed by atoms with Crippen molar-refractivity contribution in [3.63, 3.8) is 0 Å². The average molecular weight is 343 g/mol. The van der Waals surface area contributed by atoms with E-state index in [1.807, 2.05) is 0 Å². The number of guanidine groups is 1. The van der Waals surface area contributed by atoms with E-state index in [0.29, 0.717) is 24.1 Å². The fourth-order valence-corrected chi connectivity index (χ4v) is 2.76. The van der Waals surface area contributed by atoms with Gasteiger partial charge in [-0.3, -0.25) is 4.99 Å². The van der Waals surface area contributed by atoms with E-state index in [2.05, 4.69) is 15.6 Å². The summed E-state index contributed by atoms with van der Waals surface area (Å²) in [5, 5.41) is 6.52. The highest BCUT2D eigenvalue weighted by Crippen LogP contribution is 2.22. The van der Waals surface area contributed by atoms with Gasteiger partial charge in [0.1, 0.15) is 5.75 Å². The lowest BCUT2D eigenvalue weighted by Gasteiger charge is -2.25. The van der Waals surface area contributed by atoms with Crippen molar-refractivity contribution < 1.29 is 17.9 Å². The fraction of sp³-hybridized carbons (Fsp3) is 0.588. The molecule has 0 bridgehead atoms. The van der Waals surface area contributed by atoms with Crippen LogP contribution in [0.25, 0.3) is 0 Å². The van der Waals surface area contributed by atoms with E-state index < -0.39 is 12.8 Å². The number of benzene rings is 1. The summed E-state index contributed by atoms with van der Waals surface area (Å²) in [7, 11) is 1.68. The quantitative estimate of drug-likeness (QED) is 0.634. The Labute approximate surface area is 140 Å². The zero-order valence-electron chi connectivity index (χ0n) is 13.8. The Kier molecular flexibility index (Phi) is 6.75. The molecular weight excluding hydrogens is 319 g/mol. The van der Waals surface area contributed by atoms with Crippen LogP contribution in [0.4, 0.5) is 13.2 Å². The number of rotatable bonds is 5. The van der Waals surface area contributed by atoms with Crippen LogP contribution in [-0.4, -0.2) is 31.8 Å². The van der Waals surface area contributed by atoms with E-state index in [4.69, 9.17) is 4.74 Å². The Morgan fingerprint density at radius 1 is 1.21 bits per heavy atom. The molecule has 2 rings (SSSR count). The summed E-state index contributed by atoms with van der Waals surface area (Å²) >= 11 is 0. The van der Waals surface area contributed by atoms with Gasteiger partial charge in [0.2, 0.25) is 0 Å². The summed E-state index contributed by atoms with van der Waals surface area (Å²) in [6.45, 7) is -0.945. The summed E-state index contributed by atoms with van der Waals surface area (Å²) < 4.78 is 41.9. The smallest absolute Gasteiger partial charge is 0.422 e. The van der Waals surface area contributed by atoms with Gasteiger partial charge in [-0.1, -0.05) is 37.5 Å². The Bertz CT molecular complexity index is 540. The van der Waals surface area contributed by atoms with E-state index in [0.717, 1.165) is 12.8 Å². The van der Waals surface area contributed by atoms with Gasteiger partial charge in [-0.05, 0) is 18.9 Å². The fourth-order valence-electron chi connectivity index (χ4n) is 2.76. The van der Waals surface area contributed by atoms with E-state index in [1.165, 1.54) is 19.3 Å². The molecule has 0 aromatic heterocycles. The van der Waals surface area contributed by atoms with Crippen molar-refractivity contribution in [2.24, 2.45) is 4.99 Å². The van der Waals surface area contributed by atoms with Crippen LogP contribution >= 0.6 is 0 Å². The molecule has 1 aromatic rings. The van der Waals surface area contributed by atoms with Crippen LogP contribution in [0.2, 0.25) is 0 Å². The standard InChI is InChI=1S/C17H24F3N3O/c1-21-16(23-14-8-3-2-4-9-14)22-11-13-7-5-6-10-15(13)24-12-17(18,19)20/h5-7,10,14H,2-4,8-9,11-12H2,1H3,(H2,21,22,23). The third kappa shape index (κ3) is 6.29. The van der Waals surface area contributed by atoms with Crippen LogP contribution in [0.5, 0.6) is 5.75 Å². The topological polar surface area (TPSA) is 45.7 Å². The molecule has 134 valence electrons. The molecule has 0 heterocycles. The highest BCUT2D eigenvalue weighted by Gasteiger charge is 2.28. The number of nitrogens with zero attached hydrogens (tertiary/aromatic N) is 1. The minimum Gasteiger partial charge on any atom is -0.484 e. The van der Waals surface area contributed by atoms with Gasteiger partial charge < -0.3 is 15.4 Å². The summed E-state index contributed by atoms with van der Waals surface area (Å²) in [4.78, 5) is 4.19. The molecule has 1 aliphatic rings. The Hall–Kier alpha value is -1.92. The maximum Gasteiger partial charge on any atom is 0.422 e. The Balaban J connectivity index is 1.90. The maximum absolute atomic E-state index is 12.3. The second-order valence-electron chi connectivity index (χ2n) is 5.92. The van der Waals surface area contributed by atoms with Crippen molar-refractivity contribution in [2.75, 3.05) is 13.7 Å². The van der Waals surface area contributed by atoms with E-state index in [-0.39, 0.29) is 5.75 Å². The van der Waals surface area contributed by atoms with Gasteiger partial charge in [-0.2, -0.15) is 13.2 Å².